The summed E-state index contributed by atoms with van der Waals surface area (Å²) in [6.45, 7) is 0. The molecule has 2 N–H and O–H groups in total. The molecule has 4 heteroatoms. The van der Waals surface area contributed by atoms with Crippen LogP contribution in [0.15, 0.2) is 60.7 Å². The number of aryl methyl sites for hydroxylation is 1. The number of nitrogens with zero attached hydrogens (tertiary/aromatic N) is 1. The fraction of sp³-hybridized carbons (Fsp3) is 0.368. The number of benzene rings is 2. The third-order valence-corrected chi connectivity index (χ3v) is 4.04. The lowest BCUT2D eigenvalue weighted by Gasteiger charge is -2.30. The molecule has 0 bridgehead atoms. The van der Waals surface area contributed by atoms with Crippen molar-refractivity contribution < 1.29 is 0 Å². The van der Waals surface area contributed by atoms with E-state index < -0.39 is 0 Å². The van der Waals surface area contributed by atoms with Crippen molar-refractivity contribution >= 4 is 24.8 Å². The summed E-state index contributed by atoms with van der Waals surface area (Å²) in [5.41, 5.74) is 9.18. The molecule has 0 heterocycles. The standard InChI is InChI=1S/C19H26N2.2ClH/c1-21(2)19(14-13-16-9-5-3-6-10-16)18(20)15-17-11-7-4-8-12-17;;/h3-12,18-19H,13-15,20H2,1-2H3;2*1H/t18-,19?;;/m0../s1. The molecular formula is C19H28Cl2N2. The summed E-state index contributed by atoms with van der Waals surface area (Å²) in [7, 11) is 4.25. The fourth-order valence-electron chi connectivity index (χ4n) is 2.84. The third kappa shape index (κ3) is 7.36. The summed E-state index contributed by atoms with van der Waals surface area (Å²) in [6.07, 6.45) is 3.09. The molecule has 0 aliphatic carbocycles. The van der Waals surface area contributed by atoms with E-state index in [9.17, 15) is 0 Å². The molecule has 2 atom stereocenters. The van der Waals surface area contributed by atoms with Gasteiger partial charge in [0, 0.05) is 12.1 Å². The van der Waals surface area contributed by atoms with E-state index in [0.717, 1.165) is 19.3 Å². The zero-order valence-corrected chi connectivity index (χ0v) is 15.5. The Morgan fingerprint density at radius 1 is 0.826 bits per heavy atom. The van der Waals surface area contributed by atoms with E-state index in [0.29, 0.717) is 6.04 Å². The molecule has 1 unspecified atom stereocenters. The number of nitrogens with two attached hydrogens (primary N) is 1. The van der Waals surface area contributed by atoms with Crippen LogP contribution in [-0.2, 0) is 12.8 Å². The second-order valence-corrected chi connectivity index (χ2v) is 5.91. The van der Waals surface area contributed by atoms with E-state index in [4.69, 9.17) is 5.73 Å². The normalized spacial score (nSPS) is 12.9. The van der Waals surface area contributed by atoms with Crippen LogP contribution >= 0.6 is 24.8 Å². The maximum Gasteiger partial charge on any atom is 0.0247 e. The van der Waals surface area contributed by atoms with Gasteiger partial charge in [-0.1, -0.05) is 60.7 Å². The maximum absolute atomic E-state index is 6.47. The SMILES string of the molecule is CN(C)C(CCc1ccccc1)[C@@H](N)Cc1ccccc1.Cl.Cl. The van der Waals surface area contributed by atoms with Gasteiger partial charge in [0.25, 0.3) is 0 Å². The van der Waals surface area contributed by atoms with Crippen molar-refractivity contribution in [2.24, 2.45) is 5.73 Å². The van der Waals surface area contributed by atoms with Gasteiger partial charge in [-0.15, -0.1) is 24.8 Å². The van der Waals surface area contributed by atoms with Crippen molar-refractivity contribution in [1.29, 1.82) is 0 Å². The van der Waals surface area contributed by atoms with Crippen molar-refractivity contribution in [2.75, 3.05) is 14.1 Å². The van der Waals surface area contributed by atoms with E-state index in [1.165, 1.54) is 11.1 Å². The van der Waals surface area contributed by atoms with Crippen LogP contribution in [0.25, 0.3) is 0 Å². The quantitative estimate of drug-likeness (QED) is 0.815. The van der Waals surface area contributed by atoms with Crippen molar-refractivity contribution in [3.63, 3.8) is 0 Å². The van der Waals surface area contributed by atoms with E-state index >= 15 is 0 Å². The van der Waals surface area contributed by atoms with Gasteiger partial charge in [0.05, 0.1) is 0 Å². The minimum atomic E-state index is 0. The molecule has 0 radical (unpaired) electrons. The summed E-state index contributed by atoms with van der Waals surface area (Å²) in [6, 6.07) is 21.7. The van der Waals surface area contributed by atoms with Crippen molar-refractivity contribution in [3.8, 4) is 0 Å². The van der Waals surface area contributed by atoms with E-state index in [-0.39, 0.29) is 30.9 Å². The molecule has 0 aliphatic heterocycles. The molecule has 0 saturated carbocycles. The second-order valence-electron chi connectivity index (χ2n) is 5.91. The molecule has 0 fully saturated rings. The summed E-state index contributed by atoms with van der Waals surface area (Å²) in [5.74, 6) is 0. The maximum atomic E-state index is 6.47. The van der Waals surface area contributed by atoms with Crippen LogP contribution in [0.2, 0.25) is 0 Å². The number of halogens is 2. The molecule has 0 amide bonds. The minimum absolute atomic E-state index is 0. The highest BCUT2D eigenvalue weighted by atomic mass is 35.5. The lowest BCUT2D eigenvalue weighted by molar-refractivity contribution is 0.238. The Labute approximate surface area is 152 Å². The lowest BCUT2D eigenvalue weighted by Crippen LogP contribution is -2.46. The Morgan fingerprint density at radius 3 is 1.78 bits per heavy atom. The van der Waals surface area contributed by atoms with Gasteiger partial charge in [0.2, 0.25) is 0 Å². The number of hydrogen-bond donors (Lipinski definition) is 1. The van der Waals surface area contributed by atoms with Gasteiger partial charge in [-0.2, -0.15) is 0 Å². The Balaban J connectivity index is 0.00000242. The van der Waals surface area contributed by atoms with Gasteiger partial charge in [0.1, 0.15) is 0 Å². The Bertz CT molecular complexity index is 517. The second kappa shape index (κ2) is 11.5. The predicted octanol–water partition coefficient (Wildman–Crippen LogP) is 3.96. The molecule has 2 rings (SSSR count). The zero-order valence-electron chi connectivity index (χ0n) is 13.9. The fourth-order valence-corrected chi connectivity index (χ4v) is 2.84. The van der Waals surface area contributed by atoms with Gasteiger partial charge in [-0.3, -0.25) is 0 Å². The Morgan fingerprint density at radius 2 is 1.30 bits per heavy atom. The van der Waals surface area contributed by atoms with E-state index in [1.54, 1.807) is 0 Å². The van der Waals surface area contributed by atoms with Crippen molar-refractivity contribution in [1.82, 2.24) is 4.90 Å². The Kier molecular flexibility index (Phi) is 10.9. The summed E-state index contributed by atoms with van der Waals surface area (Å²) >= 11 is 0. The molecule has 23 heavy (non-hydrogen) atoms. The highest BCUT2D eigenvalue weighted by Crippen LogP contribution is 2.13. The molecular weight excluding hydrogens is 327 g/mol. The largest absolute Gasteiger partial charge is 0.326 e. The summed E-state index contributed by atoms with van der Waals surface area (Å²) in [4.78, 5) is 2.26. The molecule has 128 valence electrons. The average molecular weight is 355 g/mol. The van der Waals surface area contributed by atoms with Crippen LogP contribution in [0.4, 0.5) is 0 Å². The smallest absolute Gasteiger partial charge is 0.0247 e. The monoisotopic (exact) mass is 354 g/mol. The molecule has 0 saturated heterocycles. The first kappa shape index (κ1) is 21.9. The van der Waals surface area contributed by atoms with Crippen LogP contribution in [0.5, 0.6) is 0 Å². The number of likely N-dealkylation sites (N-methyl/N-ethyl adjacent to an activating group) is 1. The number of rotatable bonds is 7. The van der Waals surface area contributed by atoms with Crippen LogP contribution in [-0.4, -0.2) is 31.1 Å². The highest BCUT2D eigenvalue weighted by Gasteiger charge is 2.20. The van der Waals surface area contributed by atoms with Crippen LogP contribution in [0.3, 0.4) is 0 Å². The Hall–Kier alpha value is -1.06. The molecule has 2 nitrogen and oxygen atoms in total. The molecule has 0 aromatic heterocycles. The highest BCUT2D eigenvalue weighted by molar-refractivity contribution is 5.85. The van der Waals surface area contributed by atoms with Gasteiger partial charge in [-0.05, 0) is 44.5 Å². The topological polar surface area (TPSA) is 29.3 Å². The molecule has 2 aromatic rings. The van der Waals surface area contributed by atoms with Crippen molar-refractivity contribution in [2.45, 2.75) is 31.3 Å². The first-order chi connectivity index (χ1) is 10.2. The van der Waals surface area contributed by atoms with Gasteiger partial charge >= 0.3 is 0 Å². The zero-order chi connectivity index (χ0) is 15.1. The molecule has 0 aliphatic rings. The van der Waals surface area contributed by atoms with E-state index in [1.807, 2.05) is 6.07 Å². The van der Waals surface area contributed by atoms with Crippen molar-refractivity contribution in [3.05, 3.63) is 71.8 Å². The summed E-state index contributed by atoms with van der Waals surface area (Å²) < 4.78 is 0. The van der Waals surface area contributed by atoms with Gasteiger partial charge < -0.3 is 10.6 Å². The average Bonchev–Trinajstić information content (AvgIpc) is 2.49. The van der Waals surface area contributed by atoms with Crippen LogP contribution < -0.4 is 5.73 Å². The number of hydrogen-bond acceptors (Lipinski definition) is 2. The first-order valence-electron chi connectivity index (χ1n) is 7.66. The minimum Gasteiger partial charge on any atom is -0.326 e. The predicted molar refractivity (Wildman–Crippen MR) is 105 cm³/mol. The molecule has 2 aromatic carbocycles. The van der Waals surface area contributed by atoms with Gasteiger partial charge in [-0.25, -0.2) is 0 Å². The van der Waals surface area contributed by atoms with Crippen LogP contribution in [0.1, 0.15) is 17.5 Å². The lowest BCUT2D eigenvalue weighted by atomic mass is 9.94. The van der Waals surface area contributed by atoms with Crippen LogP contribution in [0, 0.1) is 0 Å². The van der Waals surface area contributed by atoms with E-state index in [2.05, 4.69) is 73.6 Å². The van der Waals surface area contributed by atoms with Gasteiger partial charge in [0.15, 0.2) is 0 Å². The third-order valence-electron chi connectivity index (χ3n) is 4.04. The first-order valence-corrected chi connectivity index (χ1v) is 7.66. The molecule has 0 spiro atoms. The summed E-state index contributed by atoms with van der Waals surface area (Å²) in [5, 5.41) is 0.